The maximum atomic E-state index is 10.7. The quantitative estimate of drug-likeness (QED) is 0.835. The van der Waals surface area contributed by atoms with Crippen LogP contribution < -0.4 is 4.74 Å². The van der Waals surface area contributed by atoms with Crippen LogP contribution >= 0.6 is 0 Å². The van der Waals surface area contributed by atoms with E-state index in [1.165, 1.54) is 12.1 Å². The minimum Gasteiger partial charge on any atom is -0.492 e. The van der Waals surface area contributed by atoms with E-state index in [4.69, 9.17) is 9.84 Å². The van der Waals surface area contributed by atoms with Crippen molar-refractivity contribution in [3.05, 3.63) is 42.2 Å². The van der Waals surface area contributed by atoms with Crippen LogP contribution in [0.1, 0.15) is 10.4 Å². The lowest BCUT2D eigenvalue weighted by Crippen LogP contribution is -2.09. The molecular formula is C11H11N3O3. The van der Waals surface area contributed by atoms with Gasteiger partial charge < -0.3 is 9.84 Å². The van der Waals surface area contributed by atoms with Gasteiger partial charge in [0.2, 0.25) is 0 Å². The van der Waals surface area contributed by atoms with Crippen LogP contribution in [0.4, 0.5) is 0 Å². The van der Waals surface area contributed by atoms with Crippen molar-refractivity contribution in [2.45, 2.75) is 6.54 Å². The van der Waals surface area contributed by atoms with E-state index in [2.05, 4.69) is 10.3 Å². The number of benzene rings is 1. The fraction of sp³-hybridized carbons (Fsp3) is 0.182. The van der Waals surface area contributed by atoms with Gasteiger partial charge in [-0.05, 0) is 18.2 Å². The van der Waals surface area contributed by atoms with Crippen molar-refractivity contribution in [2.75, 3.05) is 6.61 Å². The molecule has 2 rings (SSSR count). The number of nitrogens with zero attached hydrogens (tertiary/aromatic N) is 3. The number of carboxylic acids is 1. The van der Waals surface area contributed by atoms with E-state index in [1.807, 2.05) is 0 Å². The molecular weight excluding hydrogens is 222 g/mol. The molecule has 88 valence electrons. The van der Waals surface area contributed by atoms with Gasteiger partial charge in [-0.25, -0.2) is 9.48 Å². The molecule has 0 spiro atoms. The number of carboxylic acid groups (broad SMARTS) is 1. The second kappa shape index (κ2) is 5.11. The average molecular weight is 233 g/mol. The molecule has 6 nitrogen and oxygen atoms in total. The summed E-state index contributed by atoms with van der Waals surface area (Å²) < 4.78 is 7.06. The summed E-state index contributed by atoms with van der Waals surface area (Å²) in [6, 6.07) is 6.37. The fourth-order valence-electron chi connectivity index (χ4n) is 1.33. The minimum absolute atomic E-state index is 0.211. The van der Waals surface area contributed by atoms with E-state index in [0.717, 1.165) is 0 Å². The molecule has 6 heteroatoms. The molecule has 2 aromatic rings. The Morgan fingerprint density at radius 1 is 1.47 bits per heavy atom. The average Bonchev–Trinajstić information content (AvgIpc) is 2.82. The van der Waals surface area contributed by atoms with Crippen molar-refractivity contribution >= 4 is 5.97 Å². The summed E-state index contributed by atoms with van der Waals surface area (Å²) >= 11 is 0. The minimum atomic E-state index is -0.966. The van der Waals surface area contributed by atoms with Crippen LogP contribution in [0.5, 0.6) is 5.75 Å². The molecule has 0 saturated heterocycles. The summed E-state index contributed by atoms with van der Waals surface area (Å²) in [4.78, 5) is 10.7. The summed E-state index contributed by atoms with van der Waals surface area (Å²) in [5.74, 6) is -0.434. The van der Waals surface area contributed by atoms with E-state index in [1.54, 1.807) is 29.2 Å². The number of hydrogen-bond donors (Lipinski definition) is 1. The lowest BCUT2D eigenvalue weighted by molar-refractivity contribution is 0.0696. The van der Waals surface area contributed by atoms with Crippen LogP contribution in [0.25, 0.3) is 0 Å². The molecule has 0 aliphatic heterocycles. The number of aromatic nitrogens is 3. The lowest BCUT2D eigenvalue weighted by atomic mass is 10.2. The highest BCUT2D eigenvalue weighted by molar-refractivity contribution is 5.87. The molecule has 0 radical (unpaired) electrons. The largest absolute Gasteiger partial charge is 0.492 e. The van der Waals surface area contributed by atoms with Crippen LogP contribution in [0.2, 0.25) is 0 Å². The highest BCUT2D eigenvalue weighted by Crippen LogP contribution is 2.13. The maximum Gasteiger partial charge on any atom is 0.335 e. The molecule has 0 fully saturated rings. The second-order valence-corrected chi connectivity index (χ2v) is 3.35. The van der Waals surface area contributed by atoms with E-state index in [0.29, 0.717) is 18.9 Å². The Labute approximate surface area is 97.4 Å². The highest BCUT2D eigenvalue weighted by atomic mass is 16.5. The molecule has 0 amide bonds. The van der Waals surface area contributed by atoms with Crippen LogP contribution in [-0.2, 0) is 6.54 Å². The van der Waals surface area contributed by atoms with Gasteiger partial charge in [0.1, 0.15) is 12.4 Å². The van der Waals surface area contributed by atoms with Crippen molar-refractivity contribution in [1.82, 2.24) is 15.0 Å². The predicted molar refractivity (Wildman–Crippen MR) is 58.9 cm³/mol. The zero-order valence-electron chi connectivity index (χ0n) is 8.98. The number of hydrogen-bond acceptors (Lipinski definition) is 4. The summed E-state index contributed by atoms with van der Waals surface area (Å²) in [6.45, 7) is 0.976. The van der Waals surface area contributed by atoms with E-state index in [9.17, 15) is 4.79 Å². The fourth-order valence-corrected chi connectivity index (χ4v) is 1.33. The SMILES string of the molecule is O=C(O)c1cccc(OCCn2ccnn2)c1. The first kappa shape index (κ1) is 11.1. The zero-order chi connectivity index (χ0) is 12.1. The van der Waals surface area contributed by atoms with Crippen molar-refractivity contribution < 1.29 is 14.6 Å². The first-order valence-corrected chi connectivity index (χ1v) is 5.06. The Bertz CT molecular complexity index is 496. The summed E-state index contributed by atoms with van der Waals surface area (Å²) in [6.07, 6.45) is 3.32. The zero-order valence-corrected chi connectivity index (χ0v) is 8.98. The van der Waals surface area contributed by atoms with E-state index < -0.39 is 5.97 Å². The first-order chi connectivity index (χ1) is 8.25. The topological polar surface area (TPSA) is 77.2 Å². The smallest absolute Gasteiger partial charge is 0.335 e. The molecule has 1 N–H and O–H groups in total. The molecule has 0 unspecified atom stereocenters. The van der Waals surface area contributed by atoms with Crippen molar-refractivity contribution in [2.24, 2.45) is 0 Å². The van der Waals surface area contributed by atoms with Gasteiger partial charge in [-0.3, -0.25) is 0 Å². The van der Waals surface area contributed by atoms with Gasteiger partial charge in [-0.1, -0.05) is 11.3 Å². The van der Waals surface area contributed by atoms with E-state index in [-0.39, 0.29) is 5.56 Å². The standard InChI is InChI=1S/C11H11N3O3/c15-11(16)9-2-1-3-10(8-9)17-7-6-14-5-4-12-13-14/h1-5,8H,6-7H2,(H,15,16). The van der Waals surface area contributed by atoms with Crippen molar-refractivity contribution in [3.8, 4) is 5.75 Å². The molecule has 0 aliphatic rings. The van der Waals surface area contributed by atoms with Gasteiger partial charge >= 0.3 is 5.97 Å². The van der Waals surface area contributed by atoms with Crippen LogP contribution in [-0.4, -0.2) is 32.7 Å². The Morgan fingerprint density at radius 2 is 2.35 bits per heavy atom. The Kier molecular flexibility index (Phi) is 3.34. The van der Waals surface area contributed by atoms with Gasteiger partial charge in [0.15, 0.2) is 0 Å². The Morgan fingerprint density at radius 3 is 3.06 bits per heavy atom. The molecule has 1 heterocycles. The van der Waals surface area contributed by atoms with Gasteiger partial charge in [-0.15, -0.1) is 5.10 Å². The number of ether oxygens (including phenoxy) is 1. The summed E-state index contributed by atoms with van der Waals surface area (Å²) in [5.41, 5.74) is 0.211. The van der Waals surface area contributed by atoms with Gasteiger partial charge in [0, 0.05) is 6.20 Å². The molecule has 0 saturated carbocycles. The Hall–Kier alpha value is -2.37. The third-order valence-electron chi connectivity index (χ3n) is 2.14. The van der Waals surface area contributed by atoms with Crippen LogP contribution in [0, 0.1) is 0 Å². The summed E-state index contributed by atoms with van der Waals surface area (Å²) in [5, 5.41) is 16.3. The Balaban J connectivity index is 1.90. The third kappa shape index (κ3) is 3.04. The molecule has 0 bridgehead atoms. The van der Waals surface area contributed by atoms with E-state index >= 15 is 0 Å². The maximum absolute atomic E-state index is 10.7. The second-order valence-electron chi connectivity index (χ2n) is 3.35. The number of carbonyl (C=O) groups is 1. The molecule has 0 aliphatic carbocycles. The molecule has 1 aromatic heterocycles. The first-order valence-electron chi connectivity index (χ1n) is 5.06. The number of rotatable bonds is 5. The predicted octanol–water partition coefficient (Wildman–Crippen LogP) is 1.06. The number of aromatic carboxylic acids is 1. The monoisotopic (exact) mass is 233 g/mol. The van der Waals surface area contributed by atoms with Gasteiger partial charge in [-0.2, -0.15) is 0 Å². The van der Waals surface area contributed by atoms with Crippen molar-refractivity contribution in [1.29, 1.82) is 0 Å². The highest BCUT2D eigenvalue weighted by Gasteiger charge is 2.03. The normalized spacial score (nSPS) is 10.1. The molecule has 0 atom stereocenters. The summed E-state index contributed by atoms with van der Waals surface area (Å²) in [7, 11) is 0. The lowest BCUT2D eigenvalue weighted by Gasteiger charge is -2.06. The van der Waals surface area contributed by atoms with Crippen LogP contribution in [0.15, 0.2) is 36.7 Å². The molecule has 17 heavy (non-hydrogen) atoms. The van der Waals surface area contributed by atoms with Crippen LogP contribution in [0.3, 0.4) is 0 Å². The van der Waals surface area contributed by atoms with Crippen molar-refractivity contribution in [3.63, 3.8) is 0 Å². The third-order valence-corrected chi connectivity index (χ3v) is 2.14. The van der Waals surface area contributed by atoms with Gasteiger partial charge in [0.05, 0.1) is 18.3 Å². The molecule has 1 aromatic carbocycles. The van der Waals surface area contributed by atoms with Gasteiger partial charge in [0.25, 0.3) is 0 Å².